The molecule has 4 heterocycles. The van der Waals surface area contributed by atoms with Crippen molar-refractivity contribution >= 4 is 65.4 Å². The highest BCUT2D eigenvalue weighted by molar-refractivity contribution is 6.25. The predicted molar refractivity (Wildman–Crippen MR) is 193 cm³/mol. The van der Waals surface area contributed by atoms with E-state index in [0.29, 0.717) is 0 Å². The van der Waals surface area contributed by atoms with Gasteiger partial charge in [-0.1, -0.05) is 121 Å². The van der Waals surface area contributed by atoms with Crippen LogP contribution in [-0.4, -0.2) is 15.0 Å². The Labute approximate surface area is 269 Å². The minimum Gasteiger partial charge on any atom is -0.455 e. The van der Waals surface area contributed by atoms with Gasteiger partial charge in [0.25, 0.3) is 0 Å². The Hall–Kier alpha value is -6.39. The Morgan fingerprint density at radius 2 is 1.02 bits per heavy atom. The van der Waals surface area contributed by atoms with E-state index < -0.39 is 0 Å². The summed E-state index contributed by atoms with van der Waals surface area (Å²) in [6, 6.07) is 52.4. The van der Waals surface area contributed by atoms with Gasteiger partial charge in [-0.05, 0) is 41.1 Å². The van der Waals surface area contributed by atoms with Crippen molar-refractivity contribution < 1.29 is 4.42 Å². The summed E-state index contributed by atoms with van der Waals surface area (Å²) >= 11 is 0. The van der Waals surface area contributed by atoms with Crippen molar-refractivity contribution in [2.24, 2.45) is 0 Å². The molecule has 0 saturated carbocycles. The Balaban J connectivity index is 1.19. The Bertz CT molecular complexity index is 2850. The molecular formula is C43H25N3O. The number of rotatable bonds is 3. The molecule has 6 aromatic carbocycles. The molecule has 218 valence electrons. The average Bonchev–Trinajstić information content (AvgIpc) is 3.54. The van der Waals surface area contributed by atoms with Gasteiger partial charge in [0.1, 0.15) is 11.2 Å². The molecule has 0 bridgehead atoms. The first kappa shape index (κ1) is 25.9. The molecular weight excluding hydrogens is 574 g/mol. The molecule has 0 aliphatic carbocycles. The van der Waals surface area contributed by atoms with Crippen LogP contribution in [0.1, 0.15) is 0 Å². The van der Waals surface area contributed by atoms with Gasteiger partial charge in [-0.15, -0.1) is 0 Å². The van der Waals surface area contributed by atoms with Crippen LogP contribution in [-0.2, 0) is 0 Å². The molecule has 0 spiro atoms. The molecule has 10 aromatic rings. The summed E-state index contributed by atoms with van der Waals surface area (Å²) in [6.07, 6.45) is 0. The number of hydrogen-bond acceptors (Lipinski definition) is 4. The van der Waals surface area contributed by atoms with Gasteiger partial charge in [0.2, 0.25) is 0 Å². The number of benzene rings is 6. The number of furan rings is 1. The van der Waals surface area contributed by atoms with Crippen LogP contribution < -0.4 is 0 Å². The van der Waals surface area contributed by atoms with Crippen LogP contribution >= 0.6 is 0 Å². The Morgan fingerprint density at radius 3 is 1.83 bits per heavy atom. The molecule has 0 unspecified atom stereocenters. The highest BCUT2D eigenvalue weighted by atomic mass is 16.3. The number of fused-ring (bicyclic) bond motifs is 10. The van der Waals surface area contributed by atoms with Crippen LogP contribution in [0.25, 0.3) is 99.2 Å². The predicted octanol–water partition coefficient (Wildman–Crippen LogP) is 11.4. The third-order valence-electron chi connectivity index (χ3n) is 9.22. The largest absolute Gasteiger partial charge is 0.455 e. The van der Waals surface area contributed by atoms with E-state index in [9.17, 15) is 0 Å². The molecule has 0 saturated heterocycles. The van der Waals surface area contributed by atoms with Gasteiger partial charge < -0.3 is 4.42 Å². The number of nitrogens with zero attached hydrogens (tertiary/aromatic N) is 3. The summed E-state index contributed by atoms with van der Waals surface area (Å²) in [5.74, 6) is 0. The molecule has 0 amide bonds. The zero-order valence-corrected chi connectivity index (χ0v) is 25.2. The molecule has 0 aliphatic heterocycles. The van der Waals surface area contributed by atoms with Gasteiger partial charge >= 0.3 is 0 Å². The molecule has 0 fully saturated rings. The molecule has 0 aliphatic rings. The van der Waals surface area contributed by atoms with Crippen LogP contribution in [0.5, 0.6) is 0 Å². The lowest BCUT2D eigenvalue weighted by Crippen LogP contribution is -1.92. The average molecular weight is 600 g/mol. The lowest BCUT2D eigenvalue weighted by molar-refractivity contribution is 0.673. The van der Waals surface area contributed by atoms with Gasteiger partial charge in [0.05, 0.1) is 44.4 Å². The van der Waals surface area contributed by atoms with Crippen molar-refractivity contribution in [3.05, 3.63) is 152 Å². The van der Waals surface area contributed by atoms with E-state index in [1.54, 1.807) is 0 Å². The second-order valence-electron chi connectivity index (χ2n) is 12.0. The summed E-state index contributed by atoms with van der Waals surface area (Å²) in [4.78, 5) is 15.6. The third kappa shape index (κ3) is 4.05. The standard InChI is InChI=1S/C43H25N3O/c1-2-10-27(11-3-1)34-22-20-28-17-18-29-21-23-35(45-42(29)41(28)44-34)30-12-8-13-31(25-30)40-39-33-15-6-7-16-37(33)47-43(39)38-32-14-5-4-9-26(32)19-24-36(38)46-40/h1-25H. The zero-order chi connectivity index (χ0) is 30.9. The number of hydrogen-bond donors (Lipinski definition) is 0. The van der Waals surface area contributed by atoms with Crippen molar-refractivity contribution in [3.8, 4) is 33.8 Å². The fourth-order valence-corrected chi connectivity index (χ4v) is 6.96. The number of para-hydroxylation sites is 1. The molecule has 0 N–H and O–H groups in total. The molecule has 4 nitrogen and oxygen atoms in total. The zero-order valence-electron chi connectivity index (χ0n) is 25.2. The minimum absolute atomic E-state index is 0.854. The maximum absolute atomic E-state index is 6.62. The quantitative estimate of drug-likeness (QED) is 0.190. The van der Waals surface area contributed by atoms with Gasteiger partial charge in [-0.3, -0.25) is 0 Å². The van der Waals surface area contributed by atoms with Crippen molar-refractivity contribution in [1.82, 2.24) is 15.0 Å². The first-order chi connectivity index (χ1) is 23.3. The number of aromatic nitrogens is 3. The van der Waals surface area contributed by atoms with Crippen LogP contribution in [0.4, 0.5) is 0 Å². The van der Waals surface area contributed by atoms with Crippen LogP contribution in [0, 0.1) is 0 Å². The van der Waals surface area contributed by atoms with E-state index in [2.05, 4.69) is 121 Å². The smallest absolute Gasteiger partial charge is 0.147 e. The molecule has 0 atom stereocenters. The van der Waals surface area contributed by atoms with E-state index >= 15 is 0 Å². The van der Waals surface area contributed by atoms with E-state index in [4.69, 9.17) is 19.4 Å². The summed E-state index contributed by atoms with van der Waals surface area (Å²) in [5, 5.41) is 7.55. The molecule has 4 aromatic heterocycles. The first-order valence-corrected chi connectivity index (χ1v) is 15.8. The van der Waals surface area contributed by atoms with E-state index in [1.807, 2.05) is 30.3 Å². The third-order valence-corrected chi connectivity index (χ3v) is 9.22. The fourth-order valence-electron chi connectivity index (χ4n) is 6.96. The van der Waals surface area contributed by atoms with Gasteiger partial charge in [-0.25, -0.2) is 15.0 Å². The highest BCUT2D eigenvalue weighted by Gasteiger charge is 2.20. The SMILES string of the molecule is c1ccc(-c2ccc3ccc4ccc(-c5cccc(-c6nc7ccc8ccccc8c7c7oc8ccccc8c67)c5)nc4c3n2)cc1. The Kier molecular flexibility index (Phi) is 5.54. The summed E-state index contributed by atoms with van der Waals surface area (Å²) in [7, 11) is 0. The number of pyridine rings is 3. The highest BCUT2D eigenvalue weighted by Crippen LogP contribution is 2.42. The van der Waals surface area contributed by atoms with Gasteiger partial charge in [-0.2, -0.15) is 0 Å². The lowest BCUT2D eigenvalue weighted by atomic mass is 9.97. The van der Waals surface area contributed by atoms with E-state index in [0.717, 1.165) is 93.8 Å². The summed E-state index contributed by atoms with van der Waals surface area (Å²) in [5.41, 5.74) is 10.3. The normalized spacial score (nSPS) is 11.8. The Morgan fingerprint density at radius 1 is 0.404 bits per heavy atom. The lowest BCUT2D eigenvalue weighted by Gasteiger charge is -2.11. The summed E-state index contributed by atoms with van der Waals surface area (Å²) in [6.45, 7) is 0. The maximum Gasteiger partial charge on any atom is 0.147 e. The first-order valence-electron chi connectivity index (χ1n) is 15.8. The van der Waals surface area contributed by atoms with Crippen LogP contribution in [0.15, 0.2) is 156 Å². The van der Waals surface area contributed by atoms with Crippen molar-refractivity contribution in [1.29, 1.82) is 0 Å². The van der Waals surface area contributed by atoms with Crippen LogP contribution in [0.2, 0.25) is 0 Å². The molecule has 0 radical (unpaired) electrons. The van der Waals surface area contributed by atoms with Crippen molar-refractivity contribution in [2.75, 3.05) is 0 Å². The van der Waals surface area contributed by atoms with Crippen molar-refractivity contribution in [3.63, 3.8) is 0 Å². The van der Waals surface area contributed by atoms with E-state index in [1.165, 1.54) is 5.39 Å². The monoisotopic (exact) mass is 599 g/mol. The van der Waals surface area contributed by atoms with E-state index in [-0.39, 0.29) is 0 Å². The minimum atomic E-state index is 0.854. The summed E-state index contributed by atoms with van der Waals surface area (Å²) < 4.78 is 6.62. The molecule has 10 rings (SSSR count). The van der Waals surface area contributed by atoms with Crippen molar-refractivity contribution in [2.45, 2.75) is 0 Å². The molecule has 47 heavy (non-hydrogen) atoms. The second kappa shape index (κ2) is 10.1. The second-order valence-corrected chi connectivity index (χ2v) is 12.0. The van der Waals surface area contributed by atoms with Crippen LogP contribution in [0.3, 0.4) is 0 Å². The maximum atomic E-state index is 6.62. The van der Waals surface area contributed by atoms with Gasteiger partial charge in [0.15, 0.2) is 0 Å². The van der Waals surface area contributed by atoms with Gasteiger partial charge in [0, 0.05) is 32.8 Å². The fraction of sp³-hybridized carbons (Fsp3) is 0. The molecule has 4 heteroatoms. The topological polar surface area (TPSA) is 51.8 Å².